The summed E-state index contributed by atoms with van der Waals surface area (Å²) < 4.78 is 65.7. The van der Waals surface area contributed by atoms with E-state index in [1.807, 2.05) is 5.32 Å². The number of nitrogens with one attached hydrogen (secondary N) is 2. The summed E-state index contributed by atoms with van der Waals surface area (Å²) in [5.41, 5.74) is -0.607. The van der Waals surface area contributed by atoms with Crippen molar-refractivity contribution < 1.29 is 26.7 Å². The monoisotopic (exact) mass is 380 g/mol. The van der Waals surface area contributed by atoms with E-state index in [-0.39, 0.29) is 17.2 Å². The number of benzene rings is 2. The Labute approximate surface area is 148 Å². The van der Waals surface area contributed by atoms with Crippen molar-refractivity contribution in [1.29, 1.82) is 0 Å². The third-order valence-electron chi connectivity index (χ3n) is 3.37. The second kappa shape index (κ2) is 7.36. The minimum Gasteiger partial charge on any atom is -0.339 e. The molecule has 0 saturated heterocycles. The van der Waals surface area contributed by atoms with Crippen LogP contribution in [-0.2, 0) is 0 Å². The van der Waals surface area contributed by atoms with Gasteiger partial charge in [-0.1, -0.05) is 0 Å². The van der Waals surface area contributed by atoms with Crippen molar-refractivity contribution >= 4 is 23.1 Å². The lowest BCUT2D eigenvalue weighted by Gasteiger charge is -2.08. The molecule has 10 heteroatoms. The Morgan fingerprint density at radius 1 is 0.778 bits per heavy atom. The number of rotatable bonds is 4. The standard InChI is InChI=1S/C17H9F5N4O/c18-9-2-1-8(7-11(9)20)23-14-6-5-13(25-26-14)17(27)24-12-4-3-10(19)15(21)16(12)22/h1-7H,(H,23,26)(H,24,27). The van der Waals surface area contributed by atoms with E-state index in [1.165, 1.54) is 18.2 Å². The summed E-state index contributed by atoms with van der Waals surface area (Å²) in [6.07, 6.45) is 0. The van der Waals surface area contributed by atoms with Crippen LogP contribution < -0.4 is 10.6 Å². The van der Waals surface area contributed by atoms with Gasteiger partial charge in [0.25, 0.3) is 5.91 Å². The zero-order valence-electron chi connectivity index (χ0n) is 13.2. The summed E-state index contributed by atoms with van der Waals surface area (Å²) in [5, 5.41) is 12.0. The van der Waals surface area contributed by atoms with E-state index in [0.29, 0.717) is 6.07 Å². The number of hydrogen-bond donors (Lipinski definition) is 2. The third-order valence-corrected chi connectivity index (χ3v) is 3.37. The number of hydrogen-bond acceptors (Lipinski definition) is 4. The van der Waals surface area contributed by atoms with E-state index < -0.39 is 40.7 Å². The Kier molecular flexibility index (Phi) is 4.97. The third kappa shape index (κ3) is 4.00. The highest BCUT2D eigenvalue weighted by Crippen LogP contribution is 2.21. The van der Waals surface area contributed by atoms with Gasteiger partial charge in [-0.05, 0) is 36.4 Å². The molecule has 0 fully saturated rings. The molecule has 27 heavy (non-hydrogen) atoms. The number of nitrogens with zero attached hydrogens (tertiary/aromatic N) is 2. The smallest absolute Gasteiger partial charge is 0.276 e. The quantitative estimate of drug-likeness (QED) is 0.527. The Morgan fingerprint density at radius 2 is 1.52 bits per heavy atom. The maximum absolute atomic E-state index is 13.6. The van der Waals surface area contributed by atoms with Crippen LogP contribution >= 0.6 is 0 Å². The van der Waals surface area contributed by atoms with Crippen molar-refractivity contribution in [3.63, 3.8) is 0 Å². The predicted octanol–water partition coefficient (Wildman–Crippen LogP) is 4.17. The fourth-order valence-corrected chi connectivity index (χ4v) is 2.05. The summed E-state index contributed by atoms with van der Waals surface area (Å²) >= 11 is 0. The molecular formula is C17H9F5N4O. The van der Waals surface area contributed by atoms with Gasteiger partial charge in [0, 0.05) is 11.8 Å². The van der Waals surface area contributed by atoms with Crippen LogP contribution in [-0.4, -0.2) is 16.1 Å². The highest BCUT2D eigenvalue weighted by molar-refractivity contribution is 6.02. The first-order valence-corrected chi connectivity index (χ1v) is 7.36. The summed E-state index contributed by atoms with van der Waals surface area (Å²) in [6.45, 7) is 0. The summed E-state index contributed by atoms with van der Waals surface area (Å²) in [5.74, 6) is -7.51. The van der Waals surface area contributed by atoms with Crippen LogP contribution in [0.1, 0.15) is 10.5 Å². The summed E-state index contributed by atoms with van der Waals surface area (Å²) in [6, 6.07) is 7.14. The van der Waals surface area contributed by atoms with Crippen molar-refractivity contribution in [2.45, 2.75) is 0 Å². The van der Waals surface area contributed by atoms with E-state index in [1.54, 1.807) is 0 Å². The van der Waals surface area contributed by atoms with Crippen LogP contribution in [0.5, 0.6) is 0 Å². The number of amides is 1. The second-order valence-corrected chi connectivity index (χ2v) is 5.23. The average Bonchev–Trinajstić information content (AvgIpc) is 2.66. The van der Waals surface area contributed by atoms with Gasteiger partial charge in [0.15, 0.2) is 40.6 Å². The van der Waals surface area contributed by atoms with Gasteiger partial charge in [-0.2, -0.15) is 0 Å². The van der Waals surface area contributed by atoms with Crippen molar-refractivity contribution in [3.8, 4) is 0 Å². The van der Waals surface area contributed by atoms with Gasteiger partial charge in [-0.25, -0.2) is 22.0 Å². The van der Waals surface area contributed by atoms with E-state index in [0.717, 1.165) is 18.2 Å². The molecule has 0 unspecified atom stereocenters. The summed E-state index contributed by atoms with van der Waals surface area (Å²) in [7, 11) is 0. The highest BCUT2D eigenvalue weighted by Gasteiger charge is 2.17. The SMILES string of the molecule is O=C(Nc1ccc(F)c(F)c1F)c1ccc(Nc2ccc(F)c(F)c2)nn1. The molecule has 0 aliphatic carbocycles. The van der Waals surface area contributed by atoms with Crippen molar-refractivity contribution in [3.05, 3.63) is 77.2 Å². The first-order valence-electron chi connectivity index (χ1n) is 7.36. The molecule has 3 rings (SSSR count). The first kappa shape index (κ1) is 18.2. The van der Waals surface area contributed by atoms with Crippen molar-refractivity contribution in [2.24, 2.45) is 0 Å². The van der Waals surface area contributed by atoms with Gasteiger partial charge < -0.3 is 10.6 Å². The molecule has 2 N–H and O–H groups in total. The van der Waals surface area contributed by atoms with Gasteiger partial charge in [0.1, 0.15) is 0 Å². The van der Waals surface area contributed by atoms with Gasteiger partial charge in [0.2, 0.25) is 0 Å². The van der Waals surface area contributed by atoms with E-state index in [9.17, 15) is 26.7 Å². The zero-order chi connectivity index (χ0) is 19.6. The lowest BCUT2D eigenvalue weighted by atomic mass is 10.2. The van der Waals surface area contributed by atoms with Crippen LogP contribution in [0.4, 0.5) is 39.1 Å². The van der Waals surface area contributed by atoms with Gasteiger partial charge in [-0.15, -0.1) is 10.2 Å². The fourth-order valence-electron chi connectivity index (χ4n) is 2.05. The van der Waals surface area contributed by atoms with Crippen molar-refractivity contribution in [2.75, 3.05) is 10.6 Å². The maximum Gasteiger partial charge on any atom is 0.276 e. The Balaban J connectivity index is 1.72. The first-order chi connectivity index (χ1) is 12.8. The molecule has 1 aromatic heterocycles. The maximum atomic E-state index is 13.6. The van der Waals surface area contributed by atoms with E-state index in [4.69, 9.17) is 0 Å². The number of anilines is 3. The summed E-state index contributed by atoms with van der Waals surface area (Å²) in [4.78, 5) is 12.0. The molecule has 5 nitrogen and oxygen atoms in total. The van der Waals surface area contributed by atoms with Crippen molar-refractivity contribution in [1.82, 2.24) is 10.2 Å². The Bertz CT molecular complexity index is 1010. The van der Waals surface area contributed by atoms with E-state index >= 15 is 0 Å². The molecular weight excluding hydrogens is 371 g/mol. The minimum absolute atomic E-state index is 0.122. The van der Waals surface area contributed by atoms with E-state index in [2.05, 4.69) is 15.5 Å². The zero-order valence-corrected chi connectivity index (χ0v) is 13.2. The van der Waals surface area contributed by atoms with Crippen LogP contribution in [0.15, 0.2) is 42.5 Å². The lowest BCUT2D eigenvalue weighted by molar-refractivity contribution is 0.102. The van der Waals surface area contributed by atoms with Gasteiger partial charge >= 0.3 is 0 Å². The molecule has 0 aliphatic heterocycles. The molecule has 2 aromatic carbocycles. The van der Waals surface area contributed by atoms with Crippen LogP contribution in [0.3, 0.4) is 0 Å². The fraction of sp³-hybridized carbons (Fsp3) is 0. The van der Waals surface area contributed by atoms with Crippen LogP contribution in [0, 0.1) is 29.1 Å². The minimum atomic E-state index is -1.72. The largest absolute Gasteiger partial charge is 0.339 e. The number of aromatic nitrogens is 2. The van der Waals surface area contributed by atoms with Crippen LogP contribution in [0.2, 0.25) is 0 Å². The molecule has 1 heterocycles. The average molecular weight is 380 g/mol. The molecule has 0 bridgehead atoms. The molecule has 0 spiro atoms. The number of carbonyl (C=O) groups is 1. The lowest BCUT2D eigenvalue weighted by Crippen LogP contribution is -2.16. The molecule has 0 saturated carbocycles. The molecule has 138 valence electrons. The second-order valence-electron chi connectivity index (χ2n) is 5.23. The normalized spacial score (nSPS) is 10.6. The molecule has 3 aromatic rings. The molecule has 0 atom stereocenters. The highest BCUT2D eigenvalue weighted by atomic mass is 19.2. The van der Waals surface area contributed by atoms with Crippen LogP contribution in [0.25, 0.3) is 0 Å². The molecule has 0 radical (unpaired) electrons. The van der Waals surface area contributed by atoms with Gasteiger partial charge in [0.05, 0.1) is 5.69 Å². The predicted molar refractivity (Wildman–Crippen MR) is 85.9 cm³/mol. The Morgan fingerprint density at radius 3 is 2.19 bits per heavy atom. The Hall–Kier alpha value is -3.56. The number of halogens is 5. The number of carbonyl (C=O) groups excluding carboxylic acids is 1. The molecule has 0 aliphatic rings. The van der Waals surface area contributed by atoms with Gasteiger partial charge in [-0.3, -0.25) is 4.79 Å². The topological polar surface area (TPSA) is 66.9 Å². The molecule has 1 amide bonds.